The van der Waals surface area contributed by atoms with Crippen molar-refractivity contribution in [1.82, 2.24) is 15.2 Å². The lowest BCUT2D eigenvalue weighted by molar-refractivity contribution is -0.297. The molecule has 0 unspecified atom stereocenters. The predicted molar refractivity (Wildman–Crippen MR) is 137 cm³/mol. The summed E-state index contributed by atoms with van der Waals surface area (Å²) < 4.78 is 82.1. The molecule has 0 atom stereocenters. The molecule has 0 aliphatic rings. The van der Waals surface area contributed by atoms with Gasteiger partial charge < -0.3 is 15.1 Å². The van der Waals surface area contributed by atoms with Crippen LogP contribution in [0.1, 0.15) is 60.5 Å². The molecular weight excluding hydrogens is 593 g/mol. The number of aromatic nitrogens is 1. The second-order valence-corrected chi connectivity index (χ2v) is 10.9. The molecule has 2 amide bonds. The number of alkyl halides is 6. The zero-order valence-corrected chi connectivity index (χ0v) is 23.7. The highest BCUT2D eigenvalue weighted by Crippen LogP contribution is 2.55. The van der Waals surface area contributed by atoms with E-state index in [0.29, 0.717) is 17.4 Å². The maximum atomic E-state index is 13.7. The molecule has 214 valence electrons. The van der Waals surface area contributed by atoms with Crippen molar-refractivity contribution in [2.45, 2.75) is 57.9 Å². The summed E-state index contributed by atoms with van der Waals surface area (Å²) in [5.74, 6) is -1.38. The Morgan fingerprint density at radius 3 is 2.03 bits per heavy atom. The van der Waals surface area contributed by atoms with Crippen LogP contribution in [0.2, 0.25) is 10.0 Å². The van der Waals surface area contributed by atoms with Crippen LogP contribution in [0.4, 0.5) is 26.3 Å². The number of nitrogens with zero attached hydrogens (tertiary/aromatic N) is 3. The molecule has 39 heavy (non-hydrogen) atoms. The number of benzene rings is 1. The fourth-order valence-corrected chi connectivity index (χ4v) is 5.07. The molecule has 15 heteroatoms. The summed E-state index contributed by atoms with van der Waals surface area (Å²) in [7, 11) is 0. The van der Waals surface area contributed by atoms with Gasteiger partial charge in [0, 0.05) is 32.5 Å². The normalized spacial score (nSPS) is 12.7. The summed E-state index contributed by atoms with van der Waals surface area (Å²) in [6.45, 7) is 14.1. The maximum absolute atomic E-state index is 13.7. The van der Waals surface area contributed by atoms with Gasteiger partial charge in [-0.2, -0.15) is 26.3 Å². The molecule has 1 heterocycles. The van der Waals surface area contributed by atoms with Gasteiger partial charge in [-0.25, -0.2) is 11.6 Å². The van der Waals surface area contributed by atoms with E-state index in [2.05, 4.69) is 15.1 Å². The lowest BCUT2D eigenvalue weighted by atomic mass is 9.80. The van der Waals surface area contributed by atoms with Crippen LogP contribution in [0.25, 0.3) is 15.3 Å². The average molecular weight is 617 g/mol. The molecule has 0 spiro atoms. The Bertz CT molecular complexity index is 1280. The van der Waals surface area contributed by atoms with E-state index < -0.39 is 50.7 Å². The van der Waals surface area contributed by atoms with Crippen LogP contribution in [-0.2, 0) is 5.41 Å². The molecule has 0 aliphatic carbocycles. The smallest absolute Gasteiger partial charge is 0.342 e. The largest absolute Gasteiger partial charge is 0.406 e. The number of hydrogen-bond donors (Lipinski definition) is 1. The van der Waals surface area contributed by atoms with Crippen LogP contribution in [0.5, 0.6) is 0 Å². The Morgan fingerprint density at radius 1 is 1.03 bits per heavy atom. The molecule has 0 aliphatic heterocycles. The van der Waals surface area contributed by atoms with E-state index >= 15 is 0 Å². The summed E-state index contributed by atoms with van der Waals surface area (Å²) in [6, 6.07) is 1.43. The second kappa shape index (κ2) is 11.5. The first-order valence-corrected chi connectivity index (χ1v) is 12.9. The van der Waals surface area contributed by atoms with Gasteiger partial charge in [-0.3, -0.25) is 9.59 Å². The molecule has 2 rings (SSSR count). The monoisotopic (exact) mass is 616 g/mol. The molecule has 2 aromatic rings. The van der Waals surface area contributed by atoms with Crippen molar-refractivity contribution in [3.8, 4) is 10.4 Å². The quantitative estimate of drug-likeness (QED) is 0.248. The zero-order valence-electron chi connectivity index (χ0n) is 21.4. The van der Waals surface area contributed by atoms with Crippen LogP contribution in [0.15, 0.2) is 12.1 Å². The topological polar surface area (TPSA) is 66.7 Å². The molecule has 0 saturated heterocycles. The summed E-state index contributed by atoms with van der Waals surface area (Å²) in [5, 5.41) is 0.617. The van der Waals surface area contributed by atoms with Crippen LogP contribution in [-0.4, -0.2) is 59.2 Å². The third kappa shape index (κ3) is 6.28. The lowest BCUT2D eigenvalue weighted by Gasteiger charge is -2.35. The van der Waals surface area contributed by atoms with E-state index in [1.807, 2.05) is 0 Å². The number of amides is 2. The molecule has 0 saturated carbocycles. The fourth-order valence-electron chi connectivity index (χ4n) is 3.39. The molecular formula is C24H24Cl2F6N4O2S. The van der Waals surface area contributed by atoms with Crippen LogP contribution < -0.4 is 5.32 Å². The minimum atomic E-state index is -5.77. The molecule has 0 fully saturated rings. The summed E-state index contributed by atoms with van der Waals surface area (Å²) in [4.78, 5) is 34.8. The third-order valence-electron chi connectivity index (χ3n) is 6.06. The Kier molecular flexibility index (Phi) is 9.63. The number of halogens is 8. The molecule has 1 N–H and O–H groups in total. The van der Waals surface area contributed by atoms with E-state index in [4.69, 9.17) is 29.8 Å². The Morgan fingerprint density at radius 2 is 1.56 bits per heavy atom. The molecule has 1 aromatic heterocycles. The van der Waals surface area contributed by atoms with Gasteiger partial charge in [0.05, 0.1) is 21.5 Å². The van der Waals surface area contributed by atoms with Crippen molar-refractivity contribution in [3.63, 3.8) is 0 Å². The number of carbonyl (C=O) groups excluding carboxylic acids is 2. The van der Waals surface area contributed by atoms with Crippen LogP contribution >= 0.6 is 34.5 Å². The van der Waals surface area contributed by atoms with Crippen molar-refractivity contribution < 1.29 is 35.9 Å². The highest BCUT2D eigenvalue weighted by atomic mass is 35.5. The highest BCUT2D eigenvalue weighted by Gasteiger charge is 2.69. The zero-order chi connectivity index (χ0) is 30.1. The number of hydrogen-bond acceptors (Lipinski definition) is 4. The van der Waals surface area contributed by atoms with Crippen LogP contribution in [0, 0.1) is 6.57 Å². The van der Waals surface area contributed by atoms with Crippen molar-refractivity contribution in [2.24, 2.45) is 0 Å². The first-order chi connectivity index (χ1) is 17.8. The Labute approximate surface area is 235 Å². The van der Waals surface area contributed by atoms with E-state index in [1.54, 1.807) is 27.7 Å². The van der Waals surface area contributed by atoms with Crippen molar-refractivity contribution in [2.75, 3.05) is 19.6 Å². The number of nitrogens with one attached hydrogen (secondary N) is 1. The van der Waals surface area contributed by atoms with Crippen molar-refractivity contribution in [1.29, 1.82) is 0 Å². The van der Waals surface area contributed by atoms with Crippen LogP contribution in [0.3, 0.4) is 0 Å². The second-order valence-electron chi connectivity index (χ2n) is 9.19. The van der Waals surface area contributed by atoms with E-state index in [9.17, 15) is 35.9 Å². The Balaban J connectivity index is 2.76. The highest BCUT2D eigenvalue weighted by molar-refractivity contribution is 7.17. The van der Waals surface area contributed by atoms with Crippen molar-refractivity contribution in [3.05, 3.63) is 49.9 Å². The number of thiazole rings is 1. The van der Waals surface area contributed by atoms with E-state index in [-0.39, 0.29) is 47.7 Å². The Hall–Kier alpha value is -2.56. The lowest BCUT2D eigenvalue weighted by Crippen LogP contribution is -2.51. The fraction of sp³-hybridized carbons (Fsp3) is 0.500. The summed E-state index contributed by atoms with van der Waals surface area (Å²) in [6.07, 6.45) is -11.5. The van der Waals surface area contributed by atoms with Gasteiger partial charge >= 0.3 is 12.4 Å². The minimum absolute atomic E-state index is 0.0423. The standard InChI is InChI=1S/C24H24Cl2F6N4O2S/c1-7-36(8-2)20(38)16-17(39-19(35-16)18(37)34-11-21(3,4)33-6)12-9-10-13(15(26)14(12)25)22(5,23(27,28)29)24(30,31)32/h9-10H,7-8,11H2,1-5H3,(H,34,37). The molecule has 0 radical (unpaired) electrons. The van der Waals surface area contributed by atoms with Gasteiger partial charge in [-0.1, -0.05) is 35.3 Å². The van der Waals surface area contributed by atoms with Gasteiger partial charge in [-0.15, -0.1) is 11.3 Å². The van der Waals surface area contributed by atoms with Gasteiger partial charge in [0.1, 0.15) is 5.69 Å². The molecule has 1 aromatic carbocycles. The molecule has 6 nitrogen and oxygen atoms in total. The minimum Gasteiger partial charge on any atom is -0.342 e. The van der Waals surface area contributed by atoms with Gasteiger partial charge in [0.2, 0.25) is 5.54 Å². The third-order valence-corrected chi connectivity index (χ3v) is 8.03. The average Bonchev–Trinajstić information content (AvgIpc) is 3.28. The van der Waals surface area contributed by atoms with Gasteiger partial charge in [0.25, 0.3) is 11.8 Å². The first-order valence-electron chi connectivity index (χ1n) is 11.4. The van der Waals surface area contributed by atoms with E-state index in [0.717, 1.165) is 6.07 Å². The van der Waals surface area contributed by atoms with Gasteiger partial charge in [0.15, 0.2) is 10.4 Å². The first kappa shape index (κ1) is 32.7. The summed E-state index contributed by atoms with van der Waals surface area (Å²) >= 11 is 12.9. The maximum Gasteiger partial charge on any atom is 0.406 e. The van der Waals surface area contributed by atoms with E-state index in [1.165, 1.54) is 4.90 Å². The van der Waals surface area contributed by atoms with Crippen molar-refractivity contribution >= 4 is 46.4 Å². The number of rotatable bonds is 8. The van der Waals surface area contributed by atoms with Gasteiger partial charge in [-0.05, 0) is 26.3 Å². The summed E-state index contributed by atoms with van der Waals surface area (Å²) in [5.41, 5.74) is -7.05. The number of carbonyl (C=O) groups is 2. The molecule has 0 bridgehead atoms. The predicted octanol–water partition coefficient (Wildman–Crippen LogP) is 7.41. The SMILES string of the molecule is [C-]#[N+]C(C)(C)CNC(=O)c1nc(C(=O)N(CC)CC)c(-c2ccc(C(C)(C(F)(F)F)C(F)(F)F)c(Cl)c2Cl)s1.